The van der Waals surface area contributed by atoms with Gasteiger partial charge in [-0.15, -0.1) is 10.2 Å². The molecule has 0 bridgehead atoms. The van der Waals surface area contributed by atoms with Crippen LogP contribution >= 0.6 is 23.4 Å². The molecule has 4 heterocycles. The van der Waals surface area contributed by atoms with Crippen LogP contribution in [0.4, 0.5) is 24.5 Å². The van der Waals surface area contributed by atoms with E-state index in [0.29, 0.717) is 30.9 Å². The number of alkyl halides is 3. The van der Waals surface area contributed by atoms with Gasteiger partial charge in [-0.2, -0.15) is 18.2 Å². The van der Waals surface area contributed by atoms with Gasteiger partial charge in [0, 0.05) is 36.3 Å². The van der Waals surface area contributed by atoms with Crippen molar-refractivity contribution in [3.8, 4) is 5.88 Å². The van der Waals surface area contributed by atoms with Gasteiger partial charge in [-0.25, -0.2) is 4.79 Å². The number of thioether (sulfide) groups is 1. The van der Waals surface area contributed by atoms with E-state index in [2.05, 4.69) is 20.8 Å². The van der Waals surface area contributed by atoms with Crippen LogP contribution in [0, 0.1) is 0 Å². The fraction of sp³-hybridized carbons (Fsp3) is 0.462. The number of carbonyl (C=O) groups is 2. The highest BCUT2D eigenvalue weighted by atomic mass is 35.5. The van der Waals surface area contributed by atoms with Gasteiger partial charge in [0.1, 0.15) is 5.69 Å². The summed E-state index contributed by atoms with van der Waals surface area (Å²) in [5.74, 6) is -2.52. The summed E-state index contributed by atoms with van der Waals surface area (Å²) in [5.41, 5.74) is 0.719. The Hall–Kier alpha value is -3.27. The lowest BCUT2D eigenvalue weighted by atomic mass is 9.94. The first kappa shape index (κ1) is 30.2. The largest absolute Gasteiger partial charge is 0.493 e. The van der Waals surface area contributed by atoms with Gasteiger partial charge in [-0.3, -0.25) is 9.69 Å². The molecule has 1 aromatic heterocycles. The van der Waals surface area contributed by atoms with E-state index in [1.54, 1.807) is 19.9 Å². The average Bonchev–Trinajstić information content (AvgIpc) is 3.26. The van der Waals surface area contributed by atoms with Gasteiger partial charge in [0.2, 0.25) is 0 Å². The number of ether oxygens (including phenoxy) is 2. The van der Waals surface area contributed by atoms with Crippen molar-refractivity contribution in [2.45, 2.75) is 49.9 Å². The number of anilines is 2. The van der Waals surface area contributed by atoms with Crippen molar-refractivity contribution >= 4 is 46.6 Å². The third-order valence-corrected chi connectivity index (χ3v) is 8.30. The summed E-state index contributed by atoms with van der Waals surface area (Å²) >= 11 is 7.06. The smallest absolute Gasteiger partial charge is 0.478 e. The zero-order chi connectivity index (χ0) is 30.2. The van der Waals surface area contributed by atoms with Crippen molar-refractivity contribution in [2.75, 3.05) is 32.2 Å². The molecule has 0 aliphatic carbocycles. The van der Waals surface area contributed by atoms with Gasteiger partial charge < -0.3 is 24.9 Å². The number of hydroxylamine groups is 2. The number of hydrogen-bond acceptors (Lipinski definition) is 11. The summed E-state index contributed by atoms with van der Waals surface area (Å²) < 4.78 is 50.9. The van der Waals surface area contributed by atoms with Gasteiger partial charge in [0.15, 0.2) is 10.7 Å². The molecule has 2 atom stereocenters. The van der Waals surface area contributed by atoms with Gasteiger partial charge in [0.05, 0.1) is 30.9 Å². The second-order valence-corrected chi connectivity index (χ2v) is 12.0. The molecule has 0 radical (unpaired) electrons. The lowest BCUT2D eigenvalue weighted by Crippen LogP contribution is -2.56. The third-order valence-electron chi connectivity index (χ3n) is 6.79. The van der Waals surface area contributed by atoms with Crippen LogP contribution in [0.15, 0.2) is 40.9 Å². The minimum Gasteiger partial charge on any atom is -0.478 e. The Kier molecular flexibility index (Phi) is 8.47. The summed E-state index contributed by atoms with van der Waals surface area (Å²) in [6.45, 7) is 4.43. The Balaban J connectivity index is 1.39. The zero-order valence-electron chi connectivity index (χ0n) is 22.8. The molecule has 0 saturated carbocycles. The molecule has 2 N–H and O–H groups in total. The number of halogens is 4. The van der Waals surface area contributed by atoms with Gasteiger partial charge >= 0.3 is 12.1 Å². The van der Waals surface area contributed by atoms with Crippen LogP contribution in [0.5, 0.6) is 5.88 Å². The van der Waals surface area contributed by atoms with Gasteiger partial charge in [0.25, 0.3) is 11.8 Å². The van der Waals surface area contributed by atoms with Gasteiger partial charge in [-0.1, -0.05) is 35.5 Å². The summed E-state index contributed by atoms with van der Waals surface area (Å²) in [5, 5.41) is 14.9. The molecular formula is C26H28ClF3N6O5S. The molecule has 3 aliphatic heterocycles. The zero-order valence-corrected chi connectivity index (χ0v) is 24.4. The molecule has 1 fully saturated rings. The van der Waals surface area contributed by atoms with E-state index in [1.165, 1.54) is 7.11 Å². The number of methoxy groups -OCH3 is 1. The highest BCUT2D eigenvalue weighted by Gasteiger charge is 2.51. The van der Waals surface area contributed by atoms with E-state index >= 15 is 0 Å². The highest BCUT2D eigenvalue weighted by Crippen LogP contribution is 2.46. The molecule has 1 aromatic carbocycles. The Morgan fingerprint density at radius 2 is 2.10 bits per heavy atom. The van der Waals surface area contributed by atoms with Crippen molar-refractivity contribution < 1.29 is 37.1 Å². The van der Waals surface area contributed by atoms with Crippen LogP contribution in [-0.4, -0.2) is 82.2 Å². The van der Waals surface area contributed by atoms with Crippen LogP contribution in [0.2, 0.25) is 5.15 Å². The van der Waals surface area contributed by atoms with E-state index in [4.69, 9.17) is 25.9 Å². The molecule has 226 valence electrons. The first-order valence-corrected chi connectivity index (χ1v) is 14.2. The van der Waals surface area contributed by atoms with Crippen LogP contribution in [-0.2, 0) is 25.6 Å². The van der Waals surface area contributed by atoms with Crippen molar-refractivity contribution in [1.29, 1.82) is 0 Å². The lowest BCUT2D eigenvalue weighted by molar-refractivity contribution is -0.243. The number of benzene rings is 1. The van der Waals surface area contributed by atoms with E-state index < -0.39 is 29.1 Å². The molecule has 5 rings (SSSR count). The first-order valence-electron chi connectivity index (χ1n) is 12.9. The Morgan fingerprint density at radius 3 is 2.83 bits per heavy atom. The second-order valence-electron chi connectivity index (χ2n) is 10.5. The lowest BCUT2D eigenvalue weighted by Gasteiger charge is -2.42. The van der Waals surface area contributed by atoms with Gasteiger partial charge in [-0.05, 0) is 38.0 Å². The molecule has 1 saturated heterocycles. The van der Waals surface area contributed by atoms with Crippen LogP contribution < -0.4 is 15.4 Å². The molecule has 16 heteroatoms. The standard InChI is InChI=1S/C26H28ClF3N6O5S/c1-25(2)12-18-20(21(37)32-25)42-24(36(18)41-23(38)26(28,29)30)35-7-8-40-13-16(35)10-14-5-4-6-15(9-14)31-17-11-19(27)33-34-22(17)39-3/h4-6,9,11,16,24H,7-8,10,12-13H2,1-3H3,(H,31,33)(H,32,37). The molecule has 11 nitrogen and oxygen atoms in total. The van der Waals surface area contributed by atoms with E-state index in [0.717, 1.165) is 22.4 Å². The van der Waals surface area contributed by atoms with Crippen LogP contribution in [0.25, 0.3) is 0 Å². The number of morpholine rings is 1. The van der Waals surface area contributed by atoms with Crippen molar-refractivity contribution in [3.63, 3.8) is 0 Å². The Bertz CT molecular complexity index is 1410. The van der Waals surface area contributed by atoms with Crippen LogP contribution in [0.1, 0.15) is 25.8 Å². The Labute approximate surface area is 248 Å². The predicted molar refractivity (Wildman–Crippen MR) is 148 cm³/mol. The highest BCUT2D eigenvalue weighted by molar-refractivity contribution is 8.04. The molecule has 0 spiro atoms. The van der Waals surface area contributed by atoms with E-state index in [1.807, 2.05) is 29.2 Å². The summed E-state index contributed by atoms with van der Waals surface area (Å²) in [7, 11) is 1.46. The molecule has 42 heavy (non-hydrogen) atoms. The number of nitrogens with one attached hydrogen (secondary N) is 2. The number of carbonyl (C=O) groups excluding carboxylic acids is 2. The number of rotatable bonds is 7. The molecule has 2 unspecified atom stereocenters. The number of aromatic nitrogens is 2. The molecule has 3 aliphatic rings. The fourth-order valence-electron chi connectivity index (χ4n) is 5.00. The Morgan fingerprint density at radius 1 is 1.31 bits per heavy atom. The van der Waals surface area contributed by atoms with Crippen molar-refractivity contribution in [2.24, 2.45) is 0 Å². The van der Waals surface area contributed by atoms with Crippen molar-refractivity contribution in [3.05, 3.63) is 51.7 Å². The SMILES string of the molecule is COc1nnc(Cl)cc1Nc1cccc(CC2COCCN2C2SC3=C(CC(C)(C)NC3=O)N2OC(=O)C(F)(F)F)c1. The second kappa shape index (κ2) is 11.8. The molecular weight excluding hydrogens is 601 g/mol. The number of amides is 1. The van der Waals surface area contributed by atoms with E-state index in [-0.39, 0.29) is 40.7 Å². The first-order chi connectivity index (χ1) is 19.8. The summed E-state index contributed by atoms with van der Waals surface area (Å²) in [6, 6.07) is 8.77. The normalized spacial score (nSPS) is 22.5. The average molecular weight is 629 g/mol. The number of hydrogen-bond donors (Lipinski definition) is 2. The summed E-state index contributed by atoms with van der Waals surface area (Å²) in [6.07, 6.45) is -4.58. The topological polar surface area (TPSA) is 118 Å². The summed E-state index contributed by atoms with van der Waals surface area (Å²) in [4.78, 5) is 32.0. The maximum Gasteiger partial charge on any atom is 0.493 e. The fourth-order valence-corrected chi connectivity index (χ4v) is 6.50. The third kappa shape index (κ3) is 6.53. The maximum absolute atomic E-state index is 13.3. The minimum atomic E-state index is -5.21. The minimum absolute atomic E-state index is 0.183. The quantitative estimate of drug-likeness (QED) is 0.463. The van der Waals surface area contributed by atoms with Crippen LogP contribution in [0.3, 0.4) is 0 Å². The molecule has 2 aromatic rings. The monoisotopic (exact) mass is 628 g/mol. The predicted octanol–water partition coefficient (Wildman–Crippen LogP) is 3.99. The maximum atomic E-state index is 13.3. The number of nitrogens with zero attached hydrogens (tertiary/aromatic N) is 4. The van der Waals surface area contributed by atoms with E-state index in [9.17, 15) is 22.8 Å². The molecule has 1 amide bonds. The van der Waals surface area contributed by atoms with Crippen molar-refractivity contribution in [1.82, 2.24) is 25.5 Å².